The van der Waals surface area contributed by atoms with Crippen molar-refractivity contribution in [1.82, 2.24) is 4.90 Å². The number of nitrogens with two attached hydrogens (primary N) is 1. The van der Waals surface area contributed by atoms with Gasteiger partial charge in [-0.05, 0) is 50.7 Å². The van der Waals surface area contributed by atoms with E-state index in [1.165, 1.54) is 16.7 Å². The van der Waals surface area contributed by atoms with Crippen molar-refractivity contribution in [2.45, 2.75) is 24.5 Å². The zero-order chi connectivity index (χ0) is 29.1. The third-order valence-electron chi connectivity index (χ3n) is 7.73. The van der Waals surface area contributed by atoms with Crippen LogP contribution in [0.25, 0.3) is 5.76 Å². The van der Waals surface area contributed by atoms with Crippen molar-refractivity contribution in [3.8, 4) is 5.75 Å². The number of ketones is 2. The highest BCUT2D eigenvalue weighted by Gasteiger charge is 2.64. The van der Waals surface area contributed by atoms with Gasteiger partial charge in [-0.25, -0.2) is 0 Å². The van der Waals surface area contributed by atoms with Gasteiger partial charge in [0.2, 0.25) is 11.7 Å². The number of carbonyl (C=O) groups excluding carboxylic acids is 4. The standard InChI is InChI=1S/C26H32N4O8S/c1-29(2)14-8-13(28-15(31)9-39-5)20(32)17-11(14)6-10-7-12-19(30(3)4)22(34)18(25(27)37)24(36)26(12,38)23(35)16(10)21(17)33/h8,10,12,19,32-33,36,38H,6-7,9H2,1-5H3,(H2,27,37)(H,28,31)/t10-,12-,19-,26-/m0/s1. The van der Waals surface area contributed by atoms with Crippen LogP contribution in [0, 0.1) is 11.8 Å². The molecule has 1 saturated carbocycles. The van der Waals surface area contributed by atoms with Crippen molar-refractivity contribution >= 4 is 52.3 Å². The molecule has 0 aromatic heterocycles. The molecule has 4 rings (SSSR count). The van der Waals surface area contributed by atoms with Crippen LogP contribution in [0.1, 0.15) is 17.5 Å². The number of rotatable bonds is 6. The second-order valence-corrected chi connectivity index (χ2v) is 11.3. The molecule has 13 heteroatoms. The highest BCUT2D eigenvalue weighted by molar-refractivity contribution is 7.99. The fraction of sp³-hybridized carbons (Fsp3) is 0.462. The molecule has 1 aromatic carbocycles. The van der Waals surface area contributed by atoms with Gasteiger partial charge in [0.15, 0.2) is 11.4 Å². The average Bonchev–Trinajstić information content (AvgIpc) is 2.82. The SMILES string of the molecule is CSCC(=O)Nc1cc(N(C)C)c2c(c1O)C(O)=C1C(=O)[C@]3(O)C(O)=C(C(N)=O)C(=O)[C@@H](N(C)C)[C@@H]3C[C@@H]1C2. The number of nitrogens with zero attached hydrogens (tertiary/aromatic N) is 2. The number of hydrogen-bond donors (Lipinski definition) is 6. The largest absolute Gasteiger partial charge is 0.508 e. The number of likely N-dealkylation sites (N-methyl/N-ethyl adjacent to an activating group) is 1. The van der Waals surface area contributed by atoms with E-state index in [0.29, 0.717) is 11.3 Å². The Morgan fingerprint density at radius 2 is 1.82 bits per heavy atom. The van der Waals surface area contributed by atoms with Gasteiger partial charge in [0, 0.05) is 31.3 Å². The summed E-state index contributed by atoms with van der Waals surface area (Å²) >= 11 is 1.28. The highest BCUT2D eigenvalue weighted by Crippen LogP contribution is 2.54. The number of anilines is 2. The van der Waals surface area contributed by atoms with Crippen molar-refractivity contribution in [2.75, 3.05) is 50.4 Å². The van der Waals surface area contributed by atoms with E-state index in [4.69, 9.17) is 5.73 Å². The summed E-state index contributed by atoms with van der Waals surface area (Å²) in [5.41, 5.74) is 2.53. The van der Waals surface area contributed by atoms with Crippen LogP contribution in [0.4, 0.5) is 11.4 Å². The van der Waals surface area contributed by atoms with Crippen LogP contribution in [0.2, 0.25) is 0 Å². The lowest BCUT2D eigenvalue weighted by molar-refractivity contribution is -0.153. The number of benzene rings is 1. The van der Waals surface area contributed by atoms with E-state index in [2.05, 4.69) is 5.32 Å². The first-order valence-corrected chi connectivity index (χ1v) is 13.6. The molecule has 0 saturated heterocycles. The number of hydrogen-bond acceptors (Lipinski definition) is 11. The molecule has 3 aliphatic rings. The Hall–Kier alpha value is -3.55. The Labute approximate surface area is 229 Å². The Morgan fingerprint density at radius 3 is 2.36 bits per heavy atom. The first-order valence-electron chi connectivity index (χ1n) is 12.2. The molecule has 1 fully saturated rings. The van der Waals surface area contributed by atoms with Crippen LogP contribution >= 0.6 is 11.8 Å². The predicted molar refractivity (Wildman–Crippen MR) is 146 cm³/mol. The van der Waals surface area contributed by atoms with Crippen LogP contribution < -0.4 is 16.0 Å². The van der Waals surface area contributed by atoms with Crippen molar-refractivity contribution in [1.29, 1.82) is 0 Å². The van der Waals surface area contributed by atoms with Gasteiger partial charge in [0.05, 0.1) is 23.0 Å². The van der Waals surface area contributed by atoms with Crippen LogP contribution in [-0.4, -0.2) is 101 Å². The minimum absolute atomic E-state index is 0.00833. The number of Topliss-reactive ketones (excluding diaryl/α,β-unsaturated/α-hetero) is 2. The molecule has 0 unspecified atom stereocenters. The summed E-state index contributed by atoms with van der Waals surface area (Å²) in [5, 5.41) is 47.9. The summed E-state index contributed by atoms with van der Waals surface area (Å²) in [6, 6.07) is 0.421. The topological polar surface area (TPSA) is 194 Å². The van der Waals surface area contributed by atoms with Crippen molar-refractivity contribution in [3.05, 3.63) is 34.1 Å². The number of thioether (sulfide) groups is 1. The van der Waals surface area contributed by atoms with Crippen molar-refractivity contribution in [2.24, 2.45) is 17.6 Å². The highest BCUT2D eigenvalue weighted by atomic mass is 32.2. The lowest BCUT2D eigenvalue weighted by Gasteiger charge is -2.50. The first-order chi connectivity index (χ1) is 18.2. The van der Waals surface area contributed by atoms with Crippen LogP contribution in [0.3, 0.4) is 0 Å². The summed E-state index contributed by atoms with van der Waals surface area (Å²) in [6.45, 7) is 0. The molecule has 0 bridgehead atoms. The fourth-order valence-electron chi connectivity index (χ4n) is 6.10. The monoisotopic (exact) mass is 560 g/mol. The van der Waals surface area contributed by atoms with Crippen molar-refractivity contribution in [3.63, 3.8) is 0 Å². The minimum atomic E-state index is -2.71. The van der Waals surface area contributed by atoms with Gasteiger partial charge in [0.25, 0.3) is 5.91 Å². The zero-order valence-corrected chi connectivity index (χ0v) is 23.0. The number of phenolic OH excluding ortho intramolecular Hbond substituents is 1. The van der Waals surface area contributed by atoms with E-state index in [1.807, 2.05) is 0 Å². The molecule has 4 atom stereocenters. The quantitative estimate of drug-likeness (QED) is 0.207. The Balaban J connectivity index is 1.97. The third-order valence-corrected chi connectivity index (χ3v) is 8.28. The predicted octanol–water partition coefficient (Wildman–Crippen LogP) is 0.332. The van der Waals surface area contributed by atoms with Gasteiger partial charge >= 0.3 is 0 Å². The number of fused-ring (bicyclic) bond motifs is 3. The number of nitrogens with one attached hydrogen (secondary N) is 1. The van der Waals surface area contributed by atoms with Crippen molar-refractivity contribution < 1.29 is 39.6 Å². The number of aromatic hydroxyl groups is 1. The van der Waals surface area contributed by atoms with Gasteiger partial charge in [-0.3, -0.25) is 24.1 Å². The number of phenols is 1. The van der Waals surface area contributed by atoms with Gasteiger partial charge in [-0.2, -0.15) is 11.8 Å². The summed E-state index contributed by atoms with van der Waals surface area (Å²) in [6.07, 6.45) is 1.88. The maximum atomic E-state index is 14.0. The average molecular weight is 561 g/mol. The van der Waals surface area contributed by atoms with Gasteiger partial charge < -0.3 is 36.4 Å². The maximum absolute atomic E-state index is 14.0. The van der Waals surface area contributed by atoms with Crippen LogP contribution in [0.5, 0.6) is 5.75 Å². The summed E-state index contributed by atoms with van der Waals surface area (Å²) in [4.78, 5) is 54.7. The van der Waals surface area contributed by atoms with Gasteiger partial charge in [-0.15, -0.1) is 0 Å². The fourth-order valence-corrected chi connectivity index (χ4v) is 6.44. The maximum Gasteiger partial charge on any atom is 0.255 e. The molecule has 0 heterocycles. The summed E-state index contributed by atoms with van der Waals surface area (Å²) < 4.78 is 0. The number of carbonyl (C=O) groups is 4. The first kappa shape index (κ1) is 28.5. The normalized spacial score (nSPS) is 26.3. The number of amides is 2. The van der Waals surface area contributed by atoms with E-state index in [0.717, 1.165) is 0 Å². The lowest BCUT2D eigenvalue weighted by Crippen LogP contribution is -2.65. The van der Waals surface area contributed by atoms with E-state index >= 15 is 0 Å². The molecule has 39 heavy (non-hydrogen) atoms. The third kappa shape index (κ3) is 4.15. The van der Waals surface area contributed by atoms with E-state index < -0.39 is 63.8 Å². The molecule has 1 aromatic rings. The van der Waals surface area contributed by atoms with E-state index in [1.54, 1.807) is 45.4 Å². The molecular weight excluding hydrogens is 528 g/mol. The minimum Gasteiger partial charge on any atom is -0.508 e. The van der Waals surface area contributed by atoms with Crippen LogP contribution in [-0.2, 0) is 25.6 Å². The smallest absolute Gasteiger partial charge is 0.255 e. The Morgan fingerprint density at radius 1 is 1.18 bits per heavy atom. The molecule has 7 N–H and O–H groups in total. The Bertz CT molecular complexity index is 1370. The molecule has 0 spiro atoms. The summed E-state index contributed by atoms with van der Waals surface area (Å²) in [5.74, 6) is -7.53. The molecule has 3 aliphatic carbocycles. The molecule has 12 nitrogen and oxygen atoms in total. The molecule has 0 aliphatic heterocycles. The molecule has 210 valence electrons. The van der Waals surface area contributed by atoms with Crippen LogP contribution in [0.15, 0.2) is 23.0 Å². The zero-order valence-electron chi connectivity index (χ0n) is 22.2. The second-order valence-electron chi connectivity index (χ2n) is 10.5. The van der Waals surface area contributed by atoms with Gasteiger partial charge in [-0.1, -0.05) is 0 Å². The molecular formula is C26H32N4O8S. The molecule has 2 amide bonds. The second kappa shape index (κ2) is 9.88. The number of primary amides is 1. The van der Waals surface area contributed by atoms with E-state index in [-0.39, 0.29) is 41.3 Å². The number of aliphatic hydroxyl groups excluding tert-OH is 2. The van der Waals surface area contributed by atoms with Gasteiger partial charge in [0.1, 0.15) is 22.8 Å². The number of aliphatic hydroxyl groups is 3. The molecule has 0 radical (unpaired) electrons. The summed E-state index contributed by atoms with van der Waals surface area (Å²) in [7, 11) is 6.58. The lowest BCUT2D eigenvalue weighted by atomic mass is 9.57. The Kier molecular flexibility index (Phi) is 7.21. The van der Waals surface area contributed by atoms with E-state index in [9.17, 15) is 39.6 Å².